The minimum atomic E-state index is 0.0376. The van der Waals surface area contributed by atoms with Crippen LogP contribution in [0.3, 0.4) is 0 Å². The van der Waals surface area contributed by atoms with Gasteiger partial charge in [0.25, 0.3) is 0 Å². The Morgan fingerprint density at radius 3 is 0.645 bits per heavy atom. The molecular formula is C134H134O6S. The summed E-state index contributed by atoms with van der Waals surface area (Å²) in [6.07, 6.45) is 11.1. The van der Waals surface area contributed by atoms with E-state index in [4.69, 9.17) is 4.74 Å². The van der Waals surface area contributed by atoms with Crippen molar-refractivity contribution in [2.75, 3.05) is 0 Å². The molecule has 0 radical (unpaired) electrons. The van der Waals surface area contributed by atoms with Crippen LogP contribution in [0.4, 0.5) is 0 Å². The van der Waals surface area contributed by atoms with Crippen LogP contribution >= 0.6 is 11.8 Å². The van der Waals surface area contributed by atoms with Crippen molar-refractivity contribution in [3.63, 3.8) is 0 Å². The smallest absolute Gasteiger partial charge is 0.193 e. The fraction of sp³-hybridized carbons (Fsp3) is 0.157. The van der Waals surface area contributed by atoms with Crippen molar-refractivity contribution in [3.8, 4) is 11.5 Å². The molecule has 0 unspecified atom stereocenters. The van der Waals surface area contributed by atoms with E-state index >= 15 is 0 Å². The van der Waals surface area contributed by atoms with Crippen molar-refractivity contribution in [1.82, 2.24) is 0 Å². The van der Waals surface area contributed by atoms with Crippen LogP contribution < -0.4 is 4.74 Å². The van der Waals surface area contributed by atoms with Crippen LogP contribution in [0, 0.1) is 118 Å². The highest BCUT2D eigenvalue weighted by Gasteiger charge is 2.23. The number of carbonyl (C=O) groups excluding carboxylic acids is 5. The lowest BCUT2D eigenvalue weighted by Crippen LogP contribution is -2.18. The summed E-state index contributed by atoms with van der Waals surface area (Å²) in [7, 11) is 0. The molecule has 0 aliphatic rings. The fourth-order valence-corrected chi connectivity index (χ4v) is 14.7. The quantitative estimate of drug-likeness (QED) is 0.0588. The molecule has 0 saturated carbocycles. The summed E-state index contributed by atoms with van der Waals surface area (Å²) in [6, 6.07) is 137. The molecule has 6 nitrogen and oxygen atoms in total. The molecule has 17 aromatic rings. The summed E-state index contributed by atoms with van der Waals surface area (Å²) in [6.45, 7) is 41.4. The maximum absolute atomic E-state index is 12.1. The fourth-order valence-electron chi connectivity index (χ4n) is 13.9. The average molecular weight is 1870 g/mol. The van der Waals surface area contributed by atoms with Gasteiger partial charge in [-0.3, -0.25) is 24.0 Å². The summed E-state index contributed by atoms with van der Waals surface area (Å²) in [4.78, 5) is 62.7. The van der Waals surface area contributed by atoms with Gasteiger partial charge in [-0.15, -0.1) is 0 Å². The van der Waals surface area contributed by atoms with Gasteiger partial charge in [0, 0.05) is 59.7 Å². The minimum Gasteiger partial charge on any atom is -0.457 e. The van der Waals surface area contributed by atoms with Gasteiger partial charge in [-0.1, -0.05) is 496 Å². The van der Waals surface area contributed by atoms with Gasteiger partial charge in [-0.25, -0.2) is 0 Å². The molecule has 0 N–H and O–H groups in total. The Hall–Kier alpha value is -15.5. The highest BCUT2D eigenvalue weighted by molar-refractivity contribution is 7.99. The van der Waals surface area contributed by atoms with Crippen molar-refractivity contribution in [1.29, 1.82) is 0 Å². The maximum Gasteiger partial charge on any atom is 0.193 e. The van der Waals surface area contributed by atoms with Gasteiger partial charge in [0.05, 0.1) is 0 Å². The normalized spacial score (nSPS) is 10.5. The Balaban J connectivity index is 0.000000178. The van der Waals surface area contributed by atoms with E-state index in [9.17, 15) is 24.0 Å². The van der Waals surface area contributed by atoms with Crippen LogP contribution in [-0.2, 0) is 5.41 Å². The Kier molecular flexibility index (Phi) is 43.6. The lowest BCUT2D eigenvalue weighted by atomic mass is 9.78. The zero-order valence-electron chi connectivity index (χ0n) is 85.6. The van der Waals surface area contributed by atoms with Crippen molar-refractivity contribution >= 4 is 58.9 Å². The van der Waals surface area contributed by atoms with E-state index in [-0.39, 0.29) is 34.3 Å². The summed E-state index contributed by atoms with van der Waals surface area (Å²) in [5, 5.41) is 0. The van der Waals surface area contributed by atoms with Gasteiger partial charge >= 0.3 is 0 Å². The first kappa shape index (κ1) is 109. The molecule has 0 atom stereocenters. The summed E-state index contributed by atoms with van der Waals surface area (Å²) < 4.78 is 5.69. The van der Waals surface area contributed by atoms with Crippen molar-refractivity contribution in [2.45, 2.75) is 154 Å². The molecule has 0 aliphatic heterocycles. The van der Waals surface area contributed by atoms with Gasteiger partial charge in [-0.05, 0) is 225 Å². The Morgan fingerprint density at radius 2 is 0.411 bits per heavy atom. The first-order valence-electron chi connectivity index (χ1n) is 47.8. The number of aryl methyl sites for hydroxylation is 17. The molecule has 712 valence electrons. The average Bonchev–Trinajstić information content (AvgIpc) is 0.799. The van der Waals surface area contributed by atoms with E-state index in [0.717, 1.165) is 89.4 Å². The second-order valence-corrected chi connectivity index (χ2v) is 37.5. The highest BCUT2D eigenvalue weighted by atomic mass is 32.2. The molecule has 0 spiro atoms. The van der Waals surface area contributed by atoms with E-state index in [1.54, 1.807) is 23.9 Å². The van der Waals surface area contributed by atoms with Gasteiger partial charge < -0.3 is 4.74 Å². The largest absolute Gasteiger partial charge is 0.457 e. The Labute approximate surface area is 844 Å². The molecule has 0 heterocycles. The number of allylic oxidation sites excluding steroid dienone is 3. The van der Waals surface area contributed by atoms with Gasteiger partial charge in [0.2, 0.25) is 0 Å². The molecule has 17 rings (SSSR count). The number of benzene rings is 17. The highest BCUT2D eigenvalue weighted by Crippen LogP contribution is 2.33. The molecular weight excluding hydrogens is 1740 g/mol. The number of rotatable bonds is 19. The predicted molar refractivity (Wildman–Crippen MR) is 598 cm³/mol. The van der Waals surface area contributed by atoms with Crippen molar-refractivity contribution in [3.05, 3.63) is 598 Å². The molecule has 0 fully saturated rings. The van der Waals surface area contributed by atoms with Crippen LogP contribution in [0.1, 0.15) is 212 Å². The molecule has 141 heavy (non-hydrogen) atoms. The second-order valence-electron chi connectivity index (χ2n) is 36.4. The number of hydrogen-bond donors (Lipinski definition) is 0. The van der Waals surface area contributed by atoms with Gasteiger partial charge in [0.1, 0.15) is 11.5 Å². The van der Waals surface area contributed by atoms with Crippen LogP contribution in [0.5, 0.6) is 11.5 Å². The third-order valence-corrected chi connectivity index (χ3v) is 24.1. The number of carbonyl (C=O) groups is 5. The molecule has 0 aromatic heterocycles. The number of ether oxygens (including phenoxy) is 1. The van der Waals surface area contributed by atoms with E-state index in [0.29, 0.717) is 0 Å². The molecule has 0 bridgehead atoms. The van der Waals surface area contributed by atoms with Gasteiger partial charge in [0.15, 0.2) is 28.9 Å². The van der Waals surface area contributed by atoms with E-state index in [1.807, 2.05) is 386 Å². The van der Waals surface area contributed by atoms with E-state index < -0.39 is 0 Å². The van der Waals surface area contributed by atoms with Crippen molar-refractivity contribution in [2.24, 2.45) is 0 Å². The molecule has 17 aromatic carbocycles. The topological polar surface area (TPSA) is 94.6 Å². The third kappa shape index (κ3) is 38.8. The molecule has 0 saturated heterocycles. The van der Waals surface area contributed by atoms with Crippen LogP contribution in [-0.4, -0.2) is 28.9 Å². The van der Waals surface area contributed by atoms with E-state index in [1.165, 1.54) is 98.8 Å². The minimum absolute atomic E-state index is 0.0376. The summed E-state index contributed by atoms with van der Waals surface area (Å²) in [5.74, 6) is 2.09. The van der Waals surface area contributed by atoms with Crippen LogP contribution in [0.15, 0.2) is 441 Å². The lowest BCUT2D eigenvalue weighted by Gasteiger charge is -2.26. The molecule has 0 amide bonds. The molecule has 0 aliphatic carbocycles. The van der Waals surface area contributed by atoms with Crippen molar-refractivity contribution < 1.29 is 28.7 Å². The molecule has 7 heteroatoms. The summed E-state index contributed by atoms with van der Waals surface area (Å²) in [5.41, 5.74) is 32.8. The third-order valence-electron chi connectivity index (χ3n) is 23.0. The van der Waals surface area contributed by atoms with E-state index in [2.05, 4.69) is 190 Å². The SMILES string of the molecule is CC=Cc1ccc(C)cc1.Cc1ccc(C(=O)c2ccc(C)cc2)cc1.Cc1ccc(C(=O)c2cccc(C)c2)cc1.Cc1ccc(C(=O)c2cccc(C)c2)cc1.Cc1ccc(C(C)(C)c2ccc(C)cc2)cc1.Cc1ccc(C=CC(=O)c2ccc(C)cc2)cc1.Cc1ccc(C=CC(=O)c2ccc(C)cc2)cc1.Cc1ccc(Oc2ccc(C)cc2)cc1.Cc1ccc(Sc2ccc(C)cc2)cc1. The standard InChI is InChI=1S/2C17H16O.C17H20.3C15H14O.C14H14O.C14H14S.C10H12/c2*1-13-3-7-15(8-4-13)9-12-17(18)16-10-5-14(2)6-11-16;1-13-5-9-15(10-6-13)17(3,4)16-11-7-14(2)8-12-16;1-11-3-7-13(8-4-11)15(16)14-9-5-12(2)6-10-14;2*1-11-6-8-13(9-7-11)15(16)14-5-3-4-12(2)10-14;2*1-11-3-7-13(8-4-11)15-14-9-5-12(2)6-10-14;1-3-4-10-7-5-9(2)6-8-10/h2*3-12H,1-2H3;5-12H,1-4H3;3*3-10H,1-2H3;2*3-10H,1-2H3;3-8H,1-2H3. The number of hydrogen-bond acceptors (Lipinski definition) is 7. The summed E-state index contributed by atoms with van der Waals surface area (Å²) >= 11 is 1.80. The second kappa shape index (κ2) is 56.4. The Bertz CT molecular complexity index is 6370. The number of ketones is 5. The van der Waals surface area contributed by atoms with Gasteiger partial charge in [-0.2, -0.15) is 0 Å². The monoisotopic (exact) mass is 1870 g/mol. The zero-order valence-corrected chi connectivity index (χ0v) is 86.4. The lowest BCUT2D eigenvalue weighted by molar-refractivity contribution is 0.103. The van der Waals surface area contributed by atoms with Crippen LogP contribution in [0.25, 0.3) is 18.2 Å². The van der Waals surface area contributed by atoms with Crippen LogP contribution in [0.2, 0.25) is 0 Å². The first-order chi connectivity index (χ1) is 67.6. The maximum atomic E-state index is 12.1. The first-order valence-corrected chi connectivity index (χ1v) is 48.6. The predicted octanol–water partition coefficient (Wildman–Crippen LogP) is 35.2. The zero-order chi connectivity index (χ0) is 102. The Morgan fingerprint density at radius 1 is 0.213 bits per heavy atom.